The van der Waals surface area contributed by atoms with Gasteiger partial charge in [-0.3, -0.25) is 0 Å². The third-order valence-corrected chi connectivity index (χ3v) is 4.34. The Kier molecular flexibility index (Phi) is 4.69. The molecular formula is C18H18N2O5. The molecule has 0 fully saturated rings. The van der Waals surface area contributed by atoms with E-state index in [0.717, 1.165) is 22.3 Å². The summed E-state index contributed by atoms with van der Waals surface area (Å²) < 4.78 is 5.22. The predicted octanol–water partition coefficient (Wildman–Crippen LogP) is 1.56. The van der Waals surface area contributed by atoms with Crippen molar-refractivity contribution in [1.29, 1.82) is 0 Å². The number of aliphatic carboxylic acids is 1. The average Bonchev–Trinajstić information content (AvgIpc) is 2.94. The van der Waals surface area contributed by atoms with Gasteiger partial charge in [-0.25, -0.2) is 20.4 Å². The van der Waals surface area contributed by atoms with Gasteiger partial charge in [0.1, 0.15) is 6.61 Å². The molecule has 0 unspecified atom stereocenters. The van der Waals surface area contributed by atoms with Gasteiger partial charge in [-0.15, -0.1) is 0 Å². The highest BCUT2D eigenvalue weighted by Gasteiger charge is 2.32. The summed E-state index contributed by atoms with van der Waals surface area (Å²) in [7, 11) is 0. The number of nitrogens with zero attached hydrogens (tertiary/aromatic N) is 1. The first-order valence-corrected chi connectivity index (χ1v) is 7.77. The third kappa shape index (κ3) is 3.07. The van der Waals surface area contributed by atoms with Gasteiger partial charge in [0.05, 0.1) is 6.61 Å². The van der Waals surface area contributed by atoms with Crippen molar-refractivity contribution in [2.45, 2.75) is 12.0 Å². The molecule has 0 heterocycles. The van der Waals surface area contributed by atoms with E-state index in [1.807, 2.05) is 48.5 Å². The normalized spacial score (nSPS) is 13.7. The molecule has 130 valence electrons. The molecule has 7 nitrogen and oxygen atoms in total. The number of carboxylic acids is 1. The number of ether oxygens (including phenoxy) is 1. The van der Waals surface area contributed by atoms with E-state index >= 15 is 0 Å². The van der Waals surface area contributed by atoms with Crippen LogP contribution in [0, 0.1) is 0 Å². The average molecular weight is 342 g/mol. The lowest BCUT2D eigenvalue weighted by Gasteiger charge is -2.23. The van der Waals surface area contributed by atoms with Crippen LogP contribution in [0.15, 0.2) is 48.5 Å². The number of rotatable bonds is 5. The van der Waals surface area contributed by atoms with E-state index in [9.17, 15) is 9.59 Å². The Balaban J connectivity index is 1.78. The molecule has 2 aromatic carbocycles. The first-order valence-electron chi connectivity index (χ1n) is 7.77. The molecule has 0 aliphatic heterocycles. The van der Waals surface area contributed by atoms with Crippen LogP contribution in [0.4, 0.5) is 4.79 Å². The van der Waals surface area contributed by atoms with Crippen molar-refractivity contribution in [2.75, 3.05) is 13.2 Å². The quantitative estimate of drug-likeness (QED) is 0.432. The van der Waals surface area contributed by atoms with Gasteiger partial charge in [0.25, 0.3) is 0 Å². The molecule has 1 atom stereocenters. The summed E-state index contributed by atoms with van der Waals surface area (Å²) in [4.78, 5) is 23.0. The molecule has 0 saturated heterocycles. The lowest BCUT2D eigenvalue weighted by Crippen LogP contribution is -2.51. The molecule has 3 rings (SSSR count). The zero-order valence-corrected chi connectivity index (χ0v) is 13.3. The second-order valence-electron chi connectivity index (χ2n) is 5.75. The molecular weight excluding hydrogens is 324 g/mol. The number of hydrogen-bond donors (Lipinski definition) is 3. The van der Waals surface area contributed by atoms with Crippen molar-refractivity contribution in [2.24, 2.45) is 5.84 Å². The Labute approximate surface area is 144 Å². The zero-order chi connectivity index (χ0) is 18.0. The zero-order valence-electron chi connectivity index (χ0n) is 13.3. The van der Waals surface area contributed by atoms with Crippen LogP contribution >= 0.6 is 0 Å². The summed E-state index contributed by atoms with van der Waals surface area (Å²) in [6.45, 7) is -0.769. The van der Waals surface area contributed by atoms with Gasteiger partial charge in [-0.05, 0) is 22.3 Å². The molecule has 0 spiro atoms. The van der Waals surface area contributed by atoms with Crippen LogP contribution in [0.2, 0.25) is 0 Å². The van der Waals surface area contributed by atoms with Crippen LogP contribution in [-0.4, -0.2) is 46.5 Å². The van der Waals surface area contributed by atoms with Crippen molar-refractivity contribution in [3.05, 3.63) is 59.7 Å². The Morgan fingerprint density at radius 2 is 1.60 bits per heavy atom. The van der Waals surface area contributed by atoms with Gasteiger partial charge >= 0.3 is 12.1 Å². The number of hydrogen-bond acceptors (Lipinski definition) is 5. The monoisotopic (exact) mass is 342 g/mol. The molecule has 0 radical (unpaired) electrons. The molecule has 4 N–H and O–H groups in total. The van der Waals surface area contributed by atoms with Crippen molar-refractivity contribution in [3.8, 4) is 11.1 Å². The molecule has 1 aliphatic rings. The van der Waals surface area contributed by atoms with Gasteiger partial charge in [0.2, 0.25) is 0 Å². The fourth-order valence-electron chi connectivity index (χ4n) is 3.08. The van der Waals surface area contributed by atoms with Gasteiger partial charge in [0, 0.05) is 5.92 Å². The highest BCUT2D eigenvalue weighted by Crippen LogP contribution is 2.44. The minimum Gasteiger partial charge on any atom is -0.480 e. The Bertz CT molecular complexity index is 762. The summed E-state index contributed by atoms with van der Waals surface area (Å²) in [5, 5.41) is 18.4. The number of aliphatic hydroxyl groups is 1. The minimum absolute atomic E-state index is 0.0261. The summed E-state index contributed by atoms with van der Waals surface area (Å²) in [5.41, 5.74) is 4.25. The molecule has 0 bridgehead atoms. The van der Waals surface area contributed by atoms with Crippen molar-refractivity contribution >= 4 is 12.1 Å². The summed E-state index contributed by atoms with van der Waals surface area (Å²) in [6.07, 6.45) is -0.997. The van der Waals surface area contributed by atoms with E-state index in [-0.39, 0.29) is 12.5 Å². The maximum Gasteiger partial charge on any atom is 0.424 e. The van der Waals surface area contributed by atoms with Gasteiger partial charge in [-0.1, -0.05) is 48.5 Å². The molecule has 0 aromatic heterocycles. The number of aliphatic hydroxyl groups excluding tert-OH is 1. The Morgan fingerprint density at radius 3 is 2.08 bits per heavy atom. The number of nitrogens with two attached hydrogens (primary N) is 1. The molecule has 1 amide bonds. The fourth-order valence-corrected chi connectivity index (χ4v) is 3.08. The molecule has 1 aliphatic carbocycles. The minimum atomic E-state index is -1.55. The van der Waals surface area contributed by atoms with Crippen LogP contribution in [0.1, 0.15) is 17.0 Å². The number of hydrazine groups is 1. The smallest absolute Gasteiger partial charge is 0.424 e. The highest BCUT2D eigenvalue weighted by atomic mass is 16.6. The van der Waals surface area contributed by atoms with E-state index in [2.05, 4.69) is 0 Å². The predicted molar refractivity (Wildman–Crippen MR) is 89.6 cm³/mol. The number of amides is 1. The lowest BCUT2D eigenvalue weighted by molar-refractivity contribution is -0.144. The van der Waals surface area contributed by atoms with E-state index in [1.54, 1.807) is 0 Å². The number of carbonyl (C=O) groups excluding carboxylic acids is 1. The number of carbonyl (C=O) groups is 2. The van der Waals surface area contributed by atoms with E-state index < -0.39 is 24.7 Å². The van der Waals surface area contributed by atoms with Crippen molar-refractivity contribution < 1.29 is 24.5 Å². The number of fused-ring (bicyclic) bond motifs is 3. The maximum atomic E-state index is 12.0. The molecule has 2 aromatic rings. The molecule has 0 saturated carbocycles. The van der Waals surface area contributed by atoms with Crippen molar-refractivity contribution in [3.63, 3.8) is 0 Å². The fraction of sp³-hybridized carbons (Fsp3) is 0.222. The number of benzene rings is 2. The largest absolute Gasteiger partial charge is 0.480 e. The summed E-state index contributed by atoms with van der Waals surface area (Å²) in [6, 6.07) is 14.2. The van der Waals surface area contributed by atoms with Crippen LogP contribution in [0.25, 0.3) is 11.1 Å². The van der Waals surface area contributed by atoms with Gasteiger partial charge in [0.15, 0.2) is 6.04 Å². The summed E-state index contributed by atoms with van der Waals surface area (Å²) in [5.74, 6) is 3.91. The van der Waals surface area contributed by atoms with Crippen LogP contribution in [0.3, 0.4) is 0 Å². The molecule has 7 heteroatoms. The van der Waals surface area contributed by atoms with Crippen LogP contribution in [-0.2, 0) is 9.53 Å². The van der Waals surface area contributed by atoms with Crippen molar-refractivity contribution in [1.82, 2.24) is 5.01 Å². The Hall–Kier alpha value is -2.90. The van der Waals surface area contributed by atoms with E-state index in [4.69, 9.17) is 20.8 Å². The Morgan fingerprint density at radius 1 is 1.08 bits per heavy atom. The van der Waals surface area contributed by atoms with Gasteiger partial charge < -0.3 is 14.9 Å². The second kappa shape index (κ2) is 6.92. The highest BCUT2D eigenvalue weighted by molar-refractivity contribution is 5.80. The number of carboxylic acid groups (broad SMARTS) is 1. The van der Waals surface area contributed by atoms with Crippen LogP contribution in [0.5, 0.6) is 0 Å². The lowest BCUT2D eigenvalue weighted by atomic mass is 9.98. The SMILES string of the molecule is NN(C(=O)OCC1c2ccccc2-c2ccccc21)[C@@H](CO)C(=O)O. The second-order valence-corrected chi connectivity index (χ2v) is 5.75. The standard InChI is InChI=1S/C18H18N2O5/c19-20(16(9-21)17(22)23)18(24)25-10-15-13-7-3-1-5-11(13)12-6-2-4-8-14(12)15/h1-8,15-16,21H,9-10,19H2,(H,22,23)/t16-/m0/s1. The van der Waals surface area contributed by atoms with Crippen LogP contribution < -0.4 is 5.84 Å². The first-order chi connectivity index (χ1) is 12.0. The maximum absolute atomic E-state index is 12.0. The first kappa shape index (κ1) is 16.9. The third-order valence-electron chi connectivity index (χ3n) is 4.34. The van der Waals surface area contributed by atoms with E-state index in [1.165, 1.54) is 0 Å². The topological polar surface area (TPSA) is 113 Å². The summed E-state index contributed by atoms with van der Waals surface area (Å²) >= 11 is 0. The van der Waals surface area contributed by atoms with Gasteiger partial charge in [-0.2, -0.15) is 0 Å². The molecule has 25 heavy (non-hydrogen) atoms. The van der Waals surface area contributed by atoms with E-state index in [0.29, 0.717) is 5.01 Å².